The van der Waals surface area contributed by atoms with Crippen molar-refractivity contribution >= 4 is 5.97 Å². The minimum absolute atomic E-state index is 0.106. The van der Waals surface area contributed by atoms with Gasteiger partial charge >= 0.3 is 5.97 Å². The molecule has 0 saturated heterocycles. The van der Waals surface area contributed by atoms with Crippen LogP contribution < -0.4 is 4.74 Å². The van der Waals surface area contributed by atoms with Gasteiger partial charge in [-0.25, -0.2) is 8.78 Å². The summed E-state index contributed by atoms with van der Waals surface area (Å²) >= 11 is 0. The van der Waals surface area contributed by atoms with Gasteiger partial charge in [-0.05, 0) is 19.4 Å². The SMILES string of the molecule is CCOC(=O)Cc1c(OC)cnc(C(F)F)c1C. The highest BCUT2D eigenvalue weighted by Gasteiger charge is 2.20. The van der Waals surface area contributed by atoms with E-state index in [0.717, 1.165) is 0 Å². The van der Waals surface area contributed by atoms with Crippen molar-refractivity contribution in [2.45, 2.75) is 26.7 Å². The van der Waals surface area contributed by atoms with Crippen LogP contribution in [0.3, 0.4) is 0 Å². The number of hydrogen-bond acceptors (Lipinski definition) is 4. The fourth-order valence-electron chi connectivity index (χ4n) is 1.61. The summed E-state index contributed by atoms with van der Waals surface area (Å²) in [6.07, 6.45) is -1.59. The van der Waals surface area contributed by atoms with Crippen LogP contribution in [-0.4, -0.2) is 24.7 Å². The lowest BCUT2D eigenvalue weighted by molar-refractivity contribution is -0.142. The highest BCUT2D eigenvalue weighted by molar-refractivity contribution is 5.74. The molecule has 100 valence electrons. The smallest absolute Gasteiger partial charge is 0.310 e. The molecule has 1 heterocycles. The minimum atomic E-state index is -2.68. The Hall–Kier alpha value is -1.72. The van der Waals surface area contributed by atoms with Gasteiger partial charge in [0.25, 0.3) is 6.43 Å². The Morgan fingerprint density at radius 1 is 1.50 bits per heavy atom. The number of methoxy groups -OCH3 is 1. The molecule has 1 aromatic rings. The van der Waals surface area contributed by atoms with Crippen molar-refractivity contribution in [3.05, 3.63) is 23.0 Å². The van der Waals surface area contributed by atoms with Crippen molar-refractivity contribution in [3.8, 4) is 5.75 Å². The monoisotopic (exact) mass is 259 g/mol. The Kier molecular flexibility index (Phi) is 5.00. The van der Waals surface area contributed by atoms with Crippen molar-refractivity contribution in [2.24, 2.45) is 0 Å². The molecule has 0 fully saturated rings. The van der Waals surface area contributed by atoms with Gasteiger partial charge in [-0.3, -0.25) is 9.78 Å². The van der Waals surface area contributed by atoms with Crippen LogP contribution in [0.4, 0.5) is 8.78 Å². The second-order valence-electron chi connectivity index (χ2n) is 3.60. The molecular formula is C12H15F2NO3. The number of rotatable bonds is 5. The van der Waals surface area contributed by atoms with E-state index in [1.165, 1.54) is 20.2 Å². The van der Waals surface area contributed by atoms with Gasteiger partial charge in [0.1, 0.15) is 11.4 Å². The van der Waals surface area contributed by atoms with Gasteiger partial charge in [-0.15, -0.1) is 0 Å². The van der Waals surface area contributed by atoms with Crippen LogP contribution in [0.2, 0.25) is 0 Å². The zero-order chi connectivity index (χ0) is 13.7. The predicted octanol–water partition coefficient (Wildman–Crippen LogP) is 2.44. The third-order valence-electron chi connectivity index (χ3n) is 2.51. The van der Waals surface area contributed by atoms with Crippen molar-refractivity contribution in [1.82, 2.24) is 4.98 Å². The van der Waals surface area contributed by atoms with Crippen molar-refractivity contribution < 1.29 is 23.0 Å². The first-order valence-electron chi connectivity index (χ1n) is 5.47. The fourth-order valence-corrected chi connectivity index (χ4v) is 1.61. The largest absolute Gasteiger partial charge is 0.495 e. The molecule has 0 radical (unpaired) electrons. The van der Waals surface area contributed by atoms with Crippen LogP contribution >= 0.6 is 0 Å². The van der Waals surface area contributed by atoms with Crippen LogP contribution in [0.25, 0.3) is 0 Å². The summed E-state index contributed by atoms with van der Waals surface area (Å²) in [7, 11) is 1.40. The Balaban J connectivity index is 3.13. The zero-order valence-corrected chi connectivity index (χ0v) is 10.5. The maximum atomic E-state index is 12.7. The number of ether oxygens (including phenoxy) is 2. The number of pyridine rings is 1. The summed E-state index contributed by atoms with van der Waals surface area (Å²) in [5.41, 5.74) is 0.314. The first-order chi connectivity index (χ1) is 8.51. The van der Waals surface area contributed by atoms with Gasteiger partial charge in [0.15, 0.2) is 0 Å². The van der Waals surface area contributed by atoms with E-state index in [1.807, 2.05) is 0 Å². The van der Waals surface area contributed by atoms with Crippen molar-refractivity contribution in [3.63, 3.8) is 0 Å². The molecule has 0 N–H and O–H groups in total. The Bertz CT molecular complexity index is 436. The van der Waals surface area contributed by atoms with Crippen molar-refractivity contribution in [2.75, 3.05) is 13.7 Å². The average Bonchev–Trinajstić information content (AvgIpc) is 2.31. The zero-order valence-electron chi connectivity index (χ0n) is 10.5. The molecule has 0 spiro atoms. The van der Waals surface area contributed by atoms with Crippen LogP contribution in [-0.2, 0) is 16.0 Å². The average molecular weight is 259 g/mol. The van der Waals surface area contributed by atoms with Crippen LogP contribution in [0, 0.1) is 6.92 Å². The summed E-state index contributed by atoms with van der Waals surface area (Å²) in [4.78, 5) is 15.1. The second kappa shape index (κ2) is 6.28. The number of alkyl halides is 2. The lowest BCUT2D eigenvalue weighted by atomic mass is 10.0. The fraction of sp³-hybridized carbons (Fsp3) is 0.500. The molecular weight excluding hydrogens is 244 g/mol. The summed E-state index contributed by atoms with van der Waals surface area (Å²) in [6.45, 7) is 3.41. The van der Waals surface area contributed by atoms with Gasteiger partial charge in [0.05, 0.1) is 26.3 Å². The summed E-state index contributed by atoms with van der Waals surface area (Å²) < 4.78 is 35.2. The Morgan fingerprint density at radius 2 is 2.17 bits per heavy atom. The highest BCUT2D eigenvalue weighted by atomic mass is 19.3. The highest BCUT2D eigenvalue weighted by Crippen LogP contribution is 2.29. The molecule has 0 bridgehead atoms. The summed E-state index contributed by atoms with van der Waals surface area (Å²) in [5.74, 6) is -0.171. The first kappa shape index (κ1) is 14.3. The van der Waals surface area contributed by atoms with E-state index in [2.05, 4.69) is 4.98 Å². The third kappa shape index (κ3) is 3.15. The van der Waals surface area contributed by atoms with E-state index < -0.39 is 12.4 Å². The molecule has 0 aliphatic rings. The quantitative estimate of drug-likeness (QED) is 0.762. The van der Waals surface area contributed by atoms with Gasteiger partial charge < -0.3 is 9.47 Å². The molecule has 18 heavy (non-hydrogen) atoms. The maximum absolute atomic E-state index is 12.7. The van der Waals surface area contributed by atoms with Crippen molar-refractivity contribution in [1.29, 1.82) is 0 Å². The second-order valence-corrected chi connectivity index (χ2v) is 3.60. The number of carbonyl (C=O) groups is 1. The van der Waals surface area contributed by atoms with Gasteiger partial charge in [-0.1, -0.05) is 0 Å². The number of esters is 1. The van der Waals surface area contributed by atoms with Gasteiger partial charge in [-0.2, -0.15) is 0 Å². The van der Waals surface area contributed by atoms with Crippen LogP contribution in [0.1, 0.15) is 30.2 Å². The Labute approximate surface area is 104 Å². The van der Waals surface area contributed by atoms with E-state index in [-0.39, 0.29) is 24.3 Å². The lowest BCUT2D eigenvalue weighted by Gasteiger charge is -2.13. The van der Waals surface area contributed by atoms with E-state index in [4.69, 9.17) is 9.47 Å². The molecule has 0 aliphatic heterocycles. The predicted molar refractivity (Wildman–Crippen MR) is 60.8 cm³/mol. The van der Waals surface area contributed by atoms with Gasteiger partial charge in [0.2, 0.25) is 0 Å². The van der Waals surface area contributed by atoms with Crippen LogP contribution in [0.15, 0.2) is 6.20 Å². The molecule has 1 rings (SSSR count). The molecule has 0 amide bonds. The van der Waals surface area contributed by atoms with E-state index in [0.29, 0.717) is 11.3 Å². The number of hydrogen-bond donors (Lipinski definition) is 0. The molecule has 0 aliphatic carbocycles. The number of halogens is 2. The molecule has 0 atom stereocenters. The van der Waals surface area contributed by atoms with Crippen LogP contribution in [0.5, 0.6) is 5.75 Å². The standard InChI is InChI=1S/C12H15F2NO3/c1-4-18-10(16)5-8-7(2)11(12(13)14)15-6-9(8)17-3/h6,12H,4-5H2,1-3H3. The minimum Gasteiger partial charge on any atom is -0.495 e. The number of nitrogens with zero attached hydrogens (tertiary/aromatic N) is 1. The third-order valence-corrected chi connectivity index (χ3v) is 2.51. The Morgan fingerprint density at radius 3 is 2.67 bits per heavy atom. The molecule has 0 saturated carbocycles. The first-order valence-corrected chi connectivity index (χ1v) is 5.47. The van der Waals surface area contributed by atoms with Gasteiger partial charge in [0, 0.05) is 5.56 Å². The van der Waals surface area contributed by atoms with E-state index in [9.17, 15) is 13.6 Å². The van der Waals surface area contributed by atoms with E-state index >= 15 is 0 Å². The summed E-state index contributed by atoms with van der Waals surface area (Å²) in [6, 6.07) is 0. The lowest BCUT2D eigenvalue weighted by Crippen LogP contribution is -2.11. The normalized spacial score (nSPS) is 10.6. The molecule has 0 aromatic carbocycles. The number of carbonyl (C=O) groups excluding carboxylic acids is 1. The maximum Gasteiger partial charge on any atom is 0.310 e. The molecule has 6 heteroatoms. The molecule has 0 unspecified atom stereocenters. The van der Waals surface area contributed by atoms with E-state index in [1.54, 1.807) is 6.92 Å². The topological polar surface area (TPSA) is 48.4 Å². The molecule has 1 aromatic heterocycles. The molecule has 4 nitrogen and oxygen atoms in total. The summed E-state index contributed by atoms with van der Waals surface area (Å²) in [5, 5.41) is 0. The number of aromatic nitrogens is 1.